The van der Waals surface area contributed by atoms with Crippen LogP contribution in [0.4, 0.5) is 0 Å². The molecule has 0 aromatic heterocycles. The van der Waals surface area contributed by atoms with Gasteiger partial charge in [0, 0.05) is 10.2 Å². The van der Waals surface area contributed by atoms with Crippen molar-refractivity contribution in [3.63, 3.8) is 0 Å². The molecule has 0 unspecified atom stereocenters. The van der Waals surface area contributed by atoms with Crippen LogP contribution in [0.3, 0.4) is 0 Å². The molecule has 0 amide bonds. The number of nitrogens with zero attached hydrogens (tertiary/aromatic N) is 1. The van der Waals surface area contributed by atoms with Crippen molar-refractivity contribution in [3.05, 3.63) is 28.7 Å². The molecule has 0 saturated carbocycles. The molecule has 1 aromatic carbocycles. The fourth-order valence-corrected chi connectivity index (χ4v) is 2.79. The Hall–Kier alpha value is -0.880. The average molecular weight is 347 g/mol. The topological polar surface area (TPSA) is 58.5 Å². The Morgan fingerprint density at radius 1 is 1.11 bits per heavy atom. The van der Waals surface area contributed by atoms with Crippen LogP contribution in [0.2, 0.25) is 0 Å². The highest BCUT2D eigenvalue weighted by Crippen LogP contribution is 2.15. The minimum atomic E-state index is -3.60. The van der Waals surface area contributed by atoms with Crippen LogP contribution in [-0.2, 0) is 10.0 Å². The zero-order valence-electron chi connectivity index (χ0n) is 11.5. The van der Waals surface area contributed by atoms with Crippen molar-refractivity contribution in [3.8, 4) is 0 Å². The lowest BCUT2D eigenvalue weighted by atomic mass is 9.98. The summed E-state index contributed by atoms with van der Waals surface area (Å²) in [5.74, 6) is 0.403. The van der Waals surface area contributed by atoms with Gasteiger partial charge in [-0.1, -0.05) is 43.6 Å². The van der Waals surface area contributed by atoms with E-state index in [0.29, 0.717) is 0 Å². The van der Waals surface area contributed by atoms with Crippen molar-refractivity contribution < 1.29 is 8.42 Å². The summed E-state index contributed by atoms with van der Waals surface area (Å²) in [7, 11) is -3.60. The molecular formula is C13H19BrN2O2S. The SMILES string of the molecule is CC(C)C(=NNS(=O)(=O)c1ccc(Br)cc1)C(C)C. The monoisotopic (exact) mass is 346 g/mol. The number of sulfonamides is 1. The Kier molecular flexibility index (Phi) is 5.55. The first kappa shape index (κ1) is 16.2. The summed E-state index contributed by atoms with van der Waals surface area (Å²) in [6, 6.07) is 6.44. The van der Waals surface area contributed by atoms with Crippen molar-refractivity contribution in [2.45, 2.75) is 32.6 Å². The molecular weight excluding hydrogens is 328 g/mol. The Bertz CT molecular complexity index is 539. The molecule has 0 radical (unpaired) electrons. The van der Waals surface area contributed by atoms with E-state index in [2.05, 4.69) is 25.9 Å². The summed E-state index contributed by atoms with van der Waals surface area (Å²) in [4.78, 5) is 2.50. The van der Waals surface area contributed by atoms with Gasteiger partial charge in [-0.05, 0) is 36.1 Å². The number of halogens is 1. The molecule has 0 aliphatic carbocycles. The Morgan fingerprint density at radius 2 is 1.58 bits per heavy atom. The molecule has 4 nitrogen and oxygen atoms in total. The van der Waals surface area contributed by atoms with E-state index in [9.17, 15) is 8.42 Å². The van der Waals surface area contributed by atoms with E-state index in [1.165, 1.54) is 12.1 Å². The van der Waals surface area contributed by atoms with Gasteiger partial charge in [0.05, 0.1) is 4.90 Å². The zero-order chi connectivity index (χ0) is 14.6. The molecule has 19 heavy (non-hydrogen) atoms. The van der Waals surface area contributed by atoms with Gasteiger partial charge in [0.25, 0.3) is 10.0 Å². The maximum atomic E-state index is 12.1. The summed E-state index contributed by atoms with van der Waals surface area (Å²) >= 11 is 3.27. The predicted molar refractivity (Wildman–Crippen MR) is 81.6 cm³/mol. The van der Waals surface area contributed by atoms with E-state index < -0.39 is 10.0 Å². The second-order valence-corrected chi connectivity index (χ2v) is 7.47. The van der Waals surface area contributed by atoms with Crippen LogP contribution in [0.5, 0.6) is 0 Å². The molecule has 0 atom stereocenters. The number of hydrogen-bond donors (Lipinski definition) is 1. The second kappa shape index (κ2) is 6.52. The van der Waals surface area contributed by atoms with Crippen LogP contribution in [0.1, 0.15) is 27.7 Å². The van der Waals surface area contributed by atoms with Crippen LogP contribution in [0, 0.1) is 11.8 Å². The largest absolute Gasteiger partial charge is 0.276 e. The zero-order valence-corrected chi connectivity index (χ0v) is 13.9. The lowest BCUT2D eigenvalue weighted by molar-refractivity contribution is 0.583. The molecule has 0 saturated heterocycles. The molecule has 106 valence electrons. The molecule has 1 N–H and O–H groups in total. The minimum Gasteiger partial charge on any atom is -0.200 e. The molecule has 0 spiro atoms. The number of nitrogens with one attached hydrogen (secondary N) is 1. The van der Waals surface area contributed by atoms with Crippen LogP contribution in [0.15, 0.2) is 38.7 Å². The molecule has 0 fully saturated rings. The summed E-state index contributed by atoms with van der Waals surface area (Å²) in [5, 5.41) is 4.06. The van der Waals surface area contributed by atoms with Crippen LogP contribution >= 0.6 is 15.9 Å². The highest BCUT2D eigenvalue weighted by atomic mass is 79.9. The van der Waals surface area contributed by atoms with Gasteiger partial charge in [-0.3, -0.25) is 0 Å². The van der Waals surface area contributed by atoms with E-state index in [4.69, 9.17) is 0 Å². The predicted octanol–water partition coefficient (Wildman–Crippen LogP) is 3.40. The fraction of sp³-hybridized carbons (Fsp3) is 0.462. The molecule has 6 heteroatoms. The third-order valence-electron chi connectivity index (χ3n) is 2.60. The number of benzene rings is 1. The van der Waals surface area contributed by atoms with E-state index >= 15 is 0 Å². The highest BCUT2D eigenvalue weighted by molar-refractivity contribution is 9.10. The molecule has 0 aliphatic rings. The first-order valence-electron chi connectivity index (χ1n) is 6.09. The summed E-state index contributed by atoms with van der Waals surface area (Å²) < 4.78 is 25.0. The van der Waals surface area contributed by atoms with Gasteiger partial charge in [-0.2, -0.15) is 13.5 Å². The van der Waals surface area contributed by atoms with Gasteiger partial charge in [0.1, 0.15) is 0 Å². The summed E-state index contributed by atoms with van der Waals surface area (Å²) in [6.45, 7) is 7.97. The third-order valence-corrected chi connectivity index (χ3v) is 4.36. The van der Waals surface area contributed by atoms with E-state index in [1.807, 2.05) is 27.7 Å². The highest BCUT2D eigenvalue weighted by Gasteiger charge is 2.15. The number of hydrazone groups is 1. The first-order chi connectivity index (χ1) is 8.74. The van der Waals surface area contributed by atoms with Crippen molar-refractivity contribution in [2.75, 3.05) is 0 Å². The normalized spacial score (nSPS) is 11.7. The van der Waals surface area contributed by atoms with Gasteiger partial charge in [-0.15, -0.1) is 0 Å². The summed E-state index contributed by atoms with van der Waals surface area (Å²) in [5.41, 5.74) is 0.834. The quantitative estimate of drug-likeness (QED) is 0.656. The number of hydrogen-bond acceptors (Lipinski definition) is 3. The maximum Gasteiger partial charge on any atom is 0.276 e. The molecule has 0 bridgehead atoms. The smallest absolute Gasteiger partial charge is 0.200 e. The van der Waals surface area contributed by atoms with Gasteiger partial charge >= 0.3 is 0 Å². The van der Waals surface area contributed by atoms with Gasteiger partial charge in [0.2, 0.25) is 0 Å². The standard InChI is InChI=1S/C13H19BrN2O2S/c1-9(2)13(10(3)4)15-16-19(17,18)12-7-5-11(14)6-8-12/h5-10,16H,1-4H3. The van der Waals surface area contributed by atoms with E-state index in [-0.39, 0.29) is 16.7 Å². The third kappa shape index (κ3) is 4.62. The van der Waals surface area contributed by atoms with Crippen LogP contribution in [-0.4, -0.2) is 14.1 Å². The first-order valence-corrected chi connectivity index (χ1v) is 8.36. The molecule has 1 aromatic rings. The fourth-order valence-electron chi connectivity index (χ4n) is 1.70. The Balaban J connectivity index is 2.97. The van der Waals surface area contributed by atoms with E-state index in [0.717, 1.165) is 10.2 Å². The van der Waals surface area contributed by atoms with Crippen molar-refractivity contribution >= 4 is 31.7 Å². The number of rotatable bonds is 5. The van der Waals surface area contributed by atoms with Crippen molar-refractivity contribution in [2.24, 2.45) is 16.9 Å². The maximum absolute atomic E-state index is 12.1. The minimum absolute atomic E-state index is 0.200. The van der Waals surface area contributed by atoms with Crippen molar-refractivity contribution in [1.82, 2.24) is 4.83 Å². The lowest BCUT2D eigenvalue weighted by Crippen LogP contribution is -2.24. The van der Waals surface area contributed by atoms with Crippen molar-refractivity contribution in [1.29, 1.82) is 0 Å². The Morgan fingerprint density at radius 3 is 2.00 bits per heavy atom. The van der Waals surface area contributed by atoms with Crippen LogP contribution in [0.25, 0.3) is 0 Å². The van der Waals surface area contributed by atoms with Gasteiger partial charge in [-0.25, -0.2) is 4.83 Å². The summed E-state index contributed by atoms with van der Waals surface area (Å²) in [6.07, 6.45) is 0. The second-order valence-electron chi connectivity index (χ2n) is 4.89. The molecule has 0 aliphatic heterocycles. The van der Waals surface area contributed by atoms with E-state index in [1.54, 1.807) is 12.1 Å². The average Bonchev–Trinajstić information content (AvgIpc) is 2.28. The molecule has 0 heterocycles. The van der Waals surface area contributed by atoms with Crippen LogP contribution < -0.4 is 4.83 Å². The Labute approximate surface area is 123 Å². The van der Waals surface area contributed by atoms with Gasteiger partial charge in [0.15, 0.2) is 0 Å². The molecule has 1 rings (SSSR count). The lowest BCUT2D eigenvalue weighted by Gasteiger charge is -2.14. The van der Waals surface area contributed by atoms with Gasteiger partial charge < -0.3 is 0 Å².